The van der Waals surface area contributed by atoms with Crippen molar-refractivity contribution in [1.82, 2.24) is 4.98 Å². The number of pyridine rings is 1. The van der Waals surface area contributed by atoms with Crippen LogP contribution in [0, 0.1) is 5.82 Å². The number of halogens is 1. The van der Waals surface area contributed by atoms with E-state index in [1.807, 2.05) is 12.1 Å². The van der Waals surface area contributed by atoms with Crippen molar-refractivity contribution in [2.45, 2.75) is 19.0 Å². The standard InChI is InChI=1S/C15H16FN3/c16-12-7-11(8-18-9-12)10-19-6-5-14(17)13-3-1-2-4-15(13)19/h1-4,7-9,14H,5-6,10,17H2. The van der Waals surface area contributed by atoms with E-state index < -0.39 is 0 Å². The van der Waals surface area contributed by atoms with E-state index in [9.17, 15) is 4.39 Å². The van der Waals surface area contributed by atoms with E-state index in [-0.39, 0.29) is 11.9 Å². The molecule has 1 aromatic heterocycles. The van der Waals surface area contributed by atoms with Crippen molar-refractivity contribution in [3.05, 3.63) is 59.7 Å². The molecule has 4 heteroatoms. The fraction of sp³-hybridized carbons (Fsp3) is 0.267. The number of hydrogen-bond donors (Lipinski definition) is 1. The maximum atomic E-state index is 13.2. The largest absolute Gasteiger partial charge is 0.367 e. The summed E-state index contributed by atoms with van der Waals surface area (Å²) in [5, 5.41) is 0. The lowest BCUT2D eigenvalue weighted by atomic mass is 9.97. The Hall–Kier alpha value is -1.94. The van der Waals surface area contributed by atoms with Gasteiger partial charge in [0, 0.05) is 31.0 Å². The average Bonchev–Trinajstić information content (AvgIpc) is 2.42. The highest BCUT2D eigenvalue weighted by Crippen LogP contribution is 2.32. The van der Waals surface area contributed by atoms with Gasteiger partial charge in [-0.2, -0.15) is 0 Å². The Kier molecular flexibility index (Phi) is 3.17. The first-order chi connectivity index (χ1) is 9.24. The van der Waals surface area contributed by atoms with E-state index in [1.165, 1.54) is 12.3 Å². The van der Waals surface area contributed by atoms with E-state index in [0.29, 0.717) is 6.54 Å². The minimum absolute atomic E-state index is 0.0954. The smallest absolute Gasteiger partial charge is 0.141 e. The molecule has 98 valence electrons. The molecule has 0 amide bonds. The molecule has 1 unspecified atom stereocenters. The zero-order valence-electron chi connectivity index (χ0n) is 10.6. The number of hydrogen-bond acceptors (Lipinski definition) is 3. The molecule has 2 heterocycles. The molecule has 0 saturated heterocycles. The fourth-order valence-corrected chi connectivity index (χ4v) is 2.59. The molecule has 2 N–H and O–H groups in total. The van der Waals surface area contributed by atoms with E-state index in [2.05, 4.69) is 22.0 Å². The molecule has 0 fully saturated rings. The van der Waals surface area contributed by atoms with Crippen LogP contribution in [0.1, 0.15) is 23.6 Å². The van der Waals surface area contributed by atoms with Gasteiger partial charge in [0.25, 0.3) is 0 Å². The van der Waals surface area contributed by atoms with Crippen molar-refractivity contribution in [3.8, 4) is 0 Å². The summed E-state index contributed by atoms with van der Waals surface area (Å²) in [5.74, 6) is -0.292. The zero-order valence-corrected chi connectivity index (χ0v) is 10.6. The van der Waals surface area contributed by atoms with Crippen molar-refractivity contribution in [2.24, 2.45) is 5.73 Å². The van der Waals surface area contributed by atoms with Gasteiger partial charge in [-0.05, 0) is 29.7 Å². The number of fused-ring (bicyclic) bond motifs is 1. The second-order valence-electron chi connectivity index (χ2n) is 4.89. The lowest BCUT2D eigenvalue weighted by Crippen LogP contribution is -2.33. The third-order valence-electron chi connectivity index (χ3n) is 3.52. The zero-order chi connectivity index (χ0) is 13.2. The first-order valence-corrected chi connectivity index (χ1v) is 6.43. The van der Waals surface area contributed by atoms with Gasteiger partial charge in [0.15, 0.2) is 0 Å². The number of rotatable bonds is 2. The van der Waals surface area contributed by atoms with Crippen LogP contribution in [0.3, 0.4) is 0 Å². The molecule has 1 atom stereocenters. The second-order valence-corrected chi connectivity index (χ2v) is 4.89. The Bertz CT molecular complexity index is 585. The van der Waals surface area contributed by atoms with E-state index in [1.54, 1.807) is 6.20 Å². The normalized spacial score (nSPS) is 18.2. The Morgan fingerprint density at radius 2 is 2.16 bits per heavy atom. The lowest BCUT2D eigenvalue weighted by molar-refractivity contribution is 0.586. The molecule has 0 bridgehead atoms. The minimum atomic E-state index is -0.292. The first-order valence-electron chi connectivity index (χ1n) is 6.43. The predicted molar refractivity (Wildman–Crippen MR) is 73.2 cm³/mol. The van der Waals surface area contributed by atoms with Crippen LogP contribution in [0.15, 0.2) is 42.7 Å². The summed E-state index contributed by atoms with van der Waals surface area (Å²) in [7, 11) is 0. The van der Waals surface area contributed by atoms with Crippen molar-refractivity contribution in [1.29, 1.82) is 0 Å². The summed E-state index contributed by atoms with van der Waals surface area (Å²) < 4.78 is 13.2. The minimum Gasteiger partial charge on any atom is -0.367 e. The molecule has 1 aromatic carbocycles. The first kappa shape index (κ1) is 12.1. The van der Waals surface area contributed by atoms with Crippen LogP contribution in [0.5, 0.6) is 0 Å². The van der Waals surface area contributed by atoms with Crippen LogP contribution in [0.2, 0.25) is 0 Å². The topological polar surface area (TPSA) is 42.1 Å². The van der Waals surface area contributed by atoms with Gasteiger partial charge in [-0.3, -0.25) is 4.98 Å². The molecule has 1 aliphatic heterocycles. The second kappa shape index (κ2) is 4.97. The van der Waals surface area contributed by atoms with Gasteiger partial charge in [-0.15, -0.1) is 0 Å². The molecule has 0 saturated carbocycles. The molecule has 1 aliphatic rings. The van der Waals surface area contributed by atoms with E-state index >= 15 is 0 Å². The summed E-state index contributed by atoms with van der Waals surface area (Å²) in [5.41, 5.74) is 9.32. The quantitative estimate of drug-likeness (QED) is 0.899. The lowest BCUT2D eigenvalue weighted by Gasteiger charge is -2.34. The van der Waals surface area contributed by atoms with E-state index in [0.717, 1.165) is 29.8 Å². The van der Waals surface area contributed by atoms with Crippen LogP contribution in [0.4, 0.5) is 10.1 Å². The highest BCUT2D eigenvalue weighted by molar-refractivity contribution is 5.57. The van der Waals surface area contributed by atoms with Gasteiger partial charge in [0.2, 0.25) is 0 Å². The summed E-state index contributed by atoms with van der Waals surface area (Å²) in [6.07, 6.45) is 3.85. The monoisotopic (exact) mass is 257 g/mol. The molecule has 0 aliphatic carbocycles. The highest BCUT2D eigenvalue weighted by Gasteiger charge is 2.22. The average molecular weight is 257 g/mol. The maximum Gasteiger partial charge on any atom is 0.141 e. The summed E-state index contributed by atoms with van der Waals surface area (Å²) >= 11 is 0. The number of nitrogens with two attached hydrogens (primary N) is 1. The van der Waals surface area contributed by atoms with E-state index in [4.69, 9.17) is 5.73 Å². The number of anilines is 1. The third-order valence-corrected chi connectivity index (χ3v) is 3.52. The number of aromatic nitrogens is 1. The van der Waals surface area contributed by atoms with Gasteiger partial charge >= 0.3 is 0 Å². The maximum absolute atomic E-state index is 13.2. The molecule has 19 heavy (non-hydrogen) atoms. The van der Waals surface area contributed by atoms with Crippen molar-refractivity contribution in [2.75, 3.05) is 11.4 Å². The molecule has 2 aromatic rings. The van der Waals surface area contributed by atoms with Gasteiger partial charge < -0.3 is 10.6 Å². The van der Waals surface area contributed by atoms with Crippen LogP contribution in [-0.2, 0) is 6.54 Å². The Morgan fingerprint density at radius 3 is 3.00 bits per heavy atom. The Morgan fingerprint density at radius 1 is 1.32 bits per heavy atom. The van der Waals surface area contributed by atoms with Crippen LogP contribution in [0.25, 0.3) is 0 Å². The van der Waals surface area contributed by atoms with Crippen LogP contribution < -0.4 is 10.6 Å². The Labute approximate surface area is 111 Å². The SMILES string of the molecule is NC1CCN(Cc2cncc(F)c2)c2ccccc21. The predicted octanol–water partition coefficient (Wildman–Crippen LogP) is 2.63. The molecular formula is C15H16FN3. The molecule has 0 radical (unpaired) electrons. The van der Waals surface area contributed by atoms with Crippen molar-refractivity contribution >= 4 is 5.69 Å². The summed E-state index contributed by atoms with van der Waals surface area (Å²) in [6, 6.07) is 9.78. The van der Waals surface area contributed by atoms with Crippen molar-refractivity contribution in [3.63, 3.8) is 0 Å². The number of nitrogens with zero attached hydrogens (tertiary/aromatic N) is 2. The van der Waals surface area contributed by atoms with Gasteiger partial charge in [0.1, 0.15) is 5.82 Å². The van der Waals surface area contributed by atoms with Crippen LogP contribution in [-0.4, -0.2) is 11.5 Å². The van der Waals surface area contributed by atoms with Gasteiger partial charge in [-0.25, -0.2) is 4.39 Å². The third kappa shape index (κ3) is 2.44. The summed E-state index contributed by atoms with van der Waals surface area (Å²) in [4.78, 5) is 6.13. The van der Waals surface area contributed by atoms with Crippen LogP contribution >= 0.6 is 0 Å². The highest BCUT2D eigenvalue weighted by atomic mass is 19.1. The van der Waals surface area contributed by atoms with Crippen molar-refractivity contribution < 1.29 is 4.39 Å². The van der Waals surface area contributed by atoms with Gasteiger partial charge in [0.05, 0.1) is 6.20 Å². The number of benzene rings is 1. The Balaban J connectivity index is 1.89. The summed E-state index contributed by atoms with van der Waals surface area (Å²) in [6.45, 7) is 1.54. The number of para-hydroxylation sites is 1. The fourth-order valence-electron chi connectivity index (χ4n) is 2.59. The molecular weight excluding hydrogens is 241 g/mol. The molecule has 3 rings (SSSR count). The molecule has 3 nitrogen and oxygen atoms in total. The van der Waals surface area contributed by atoms with Gasteiger partial charge in [-0.1, -0.05) is 18.2 Å². The molecule has 0 spiro atoms.